The van der Waals surface area contributed by atoms with E-state index in [4.69, 9.17) is 14.2 Å². The Morgan fingerprint density at radius 3 is 2.63 bits per heavy atom. The summed E-state index contributed by atoms with van der Waals surface area (Å²) in [6.07, 6.45) is 0. The molecule has 1 N–H and O–H groups in total. The van der Waals surface area contributed by atoms with E-state index in [-0.39, 0.29) is 25.9 Å². The maximum absolute atomic E-state index is 12.9. The molecule has 3 amide bonds. The summed E-state index contributed by atoms with van der Waals surface area (Å²) in [5.41, 5.74) is 0.630. The van der Waals surface area contributed by atoms with Gasteiger partial charge in [-0.15, -0.1) is 0 Å². The van der Waals surface area contributed by atoms with E-state index in [1.54, 1.807) is 25.1 Å². The number of ether oxygens (including phenoxy) is 3. The molecule has 7 nitrogen and oxygen atoms in total. The normalized spacial score (nSPS) is 20.7. The minimum Gasteiger partial charge on any atom is -0.492 e. The highest BCUT2D eigenvalue weighted by molar-refractivity contribution is 6.07. The second-order valence-electron chi connectivity index (χ2n) is 6.74. The van der Waals surface area contributed by atoms with Crippen LogP contribution < -0.4 is 19.5 Å². The van der Waals surface area contributed by atoms with Crippen LogP contribution in [0.3, 0.4) is 0 Å². The van der Waals surface area contributed by atoms with E-state index in [1.165, 1.54) is 4.90 Å². The number of benzene rings is 2. The first kappa shape index (κ1) is 17.2. The zero-order chi connectivity index (χ0) is 19.0. The Labute approximate surface area is 156 Å². The van der Waals surface area contributed by atoms with Gasteiger partial charge in [-0.1, -0.05) is 23.8 Å². The largest absolute Gasteiger partial charge is 0.492 e. The summed E-state index contributed by atoms with van der Waals surface area (Å²) in [5, 5.41) is 2.78. The molecule has 7 heteroatoms. The molecule has 0 aromatic heterocycles. The lowest BCUT2D eigenvalue weighted by atomic mass is 9.91. The van der Waals surface area contributed by atoms with Crippen LogP contribution in [0.15, 0.2) is 42.5 Å². The van der Waals surface area contributed by atoms with Crippen LogP contribution in [0.4, 0.5) is 4.79 Å². The Hall–Kier alpha value is -3.22. The fourth-order valence-corrected chi connectivity index (χ4v) is 3.19. The standard InChI is InChI=1S/C20H20N2O5/c1-13-3-6-15(7-4-13)25-10-9-22-18(23)20(2,21-19(22)24)14-5-8-16-17(11-14)27-12-26-16/h3-8,11H,9-10,12H2,1-2H3,(H,21,24)/t20-/m0/s1. The Balaban J connectivity index is 1.45. The number of amides is 3. The maximum Gasteiger partial charge on any atom is 0.325 e. The number of hydrogen-bond acceptors (Lipinski definition) is 5. The third-order valence-electron chi connectivity index (χ3n) is 4.83. The summed E-state index contributed by atoms with van der Waals surface area (Å²) in [4.78, 5) is 26.5. The summed E-state index contributed by atoms with van der Waals surface area (Å²) >= 11 is 0. The molecular formula is C20H20N2O5. The summed E-state index contributed by atoms with van der Waals surface area (Å²) < 4.78 is 16.3. The van der Waals surface area contributed by atoms with Crippen molar-refractivity contribution in [2.24, 2.45) is 0 Å². The van der Waals surface area contributed by atoms with Crippen LogP contribution in [0.2, 0.25) is 0 Å². The van der Waals surface area contributed by atoms with Gasteiger partial charge in [-0.05, 0) is 43.7 Å². The van der Waals surface area contributed by atoms with E-state index in [0.29, 0.717) is 22.8 Å². The van der Waals surface area contributed by atoms with Crippen molar-refractivity contribution >= 4 is 11.9 Å². The maximum atomic E-state index is 12.9. The van der Waals surface area contributed by atoms with Crippen LogP contribution in [0, 0.1) is 6.92 Å². The lowest BCUT2D eigenvalue weighted by Crippen LogP contribution is -2.41. The SMILES string of the molecule is Cc1ccc(OCCN2C(=O)N[C@@](C)(c3ccc4c(c3)OCO4)C2=O)cc1. The number of carbonyl (C=O) groups excluding carboxylic acids is 2. The monoisotopic (exact) mass is 368 g/mol. The fraction of sp³-hybridized carbons (Fsp3) is 0.300. The molecule has 2 aliphatic heterocycles. The molecular weight excluding hydrogens is 348 g/mol. The lowest BCUT2D eigenvalue weighted by molar-refractivity contribution is -0.131. The van der Waals surface area contributed by atoms with Gasteiger partial charge in [0.2, 0.25) is 6.79 Å². The molecule has 0 aliphatic carbocycles. The van der Waals surface area contributed by atoms with Gasteiger partial charge in [-0.2, -0.15) is 0 Å². The van der Waals surface area contributed by atoms with Crippen molar-refractivity contribution < 1.29 is 23.8 Å². The molecule has 1 atom stereocenters. The predicted octanol–water partition coefficient (Wildman–Crippen LogP) is 2.57. The topological polar surface area (TPSA) is 77.1 Å². The fourth-order valence-electron chi connectivity index (χ4n) is 3.19. The third kappa shape index (κ3) is 3.05. The van der Waals surface area contributed by atoms with Gasteiger partial charge in [-0.25, -0.2) is 4.79 Å². The molecule has 0 radical (unpaired) electrons. The third-order valence-corrected chi connectivity index (χ3v) is 4.83. The highest BCUT2D eigenvalue weighted by Crippen LogP contribution is 2.37. The minimum atomic E-state index is -1.15. The number of aryl methyl sites for hydroxylation is 1. The lowest BCUT2D eigenvalue weighted by Gasteiger charge is -2.22. The first-order chi connectivity index (χ1) is 13.0. The second kappa shape index (κ2) is 6.50. The van der Waals surface area contributed by atoms with Gasteiger partial charge in [0.15, 0.2) is 11.5 Å². The number of rotatable bonds is 5. The number of urea groups is 1. The molecule has 0 spiro atoms. The Bertz CT molecular complexity index is 896. The molecule has 2 aliphatic rings. The number of nitrogens with zero attached hydrogens (tertiary/aromatic N) is 1. The molecule has 2 aromatic rings. The van der Waals surface area contributed by atoms with Crippen molar-refractivity contribution in [2.45, 2.75) is 19.4 Å². The van der Waals surface area contributed by atoms with E-state index in [0.717, 1.165) is 5.56 Å². The van der Waals surface area contributed by atoms with Crippen LogP contribution in [0.25, 0.3) is 0 Å². The highest BCUT2D eigenvalue weighted by Gasteiger charge is 2.49. The first-order valence-corrected chi connectivity index (χ1v) is 8.71. The molecule has 0 saturated carbocycles. The molecule has 0 unspecified atom stereocenters. The second-order valence-corrected chi connectivity index (χ2v) is 6.74. The van der Waals surface area contributed by atoms with Gasteiger partial charge in [0, 0.05) is 0 Å². The molecule has 140 valence electrons. The van der Waals surface area contributed by atoms with Gasteiger partial charge in [0.25, 0.3) is 5.91 Å². The van der Waals surface area contributed by atoms with Gasteiger partial charge in [-0.3, -0.25) is 9.69 Å². The van der Waals surface area contributed by atoms with Crippen molar-refractivity contribution in [3.05, 3.63) is 53.6 Å². The number of fused-ring (bicyclic) bond motifs is 1. The van der Waals surface area contributed by atoms with Crippen molar-refractivity contribution in [3.8, 4) is 17.2 Å². The minimum absolute atomic E-state index is 0.151. The summed E-state index contributed by atoms with van der Waals surface area (Å²) in [6.45, 7) is 4.22. The van der Waals surface area contributed by atoms with E-state index in [9.17, 15) is 9.59 Å². The van der Waals surface area contributed by atoms with E-state index >= 15 is 0 Å². The Morgan fingerprint density at radius 1 is 1.11 bits per heavy atom. The van der Waals surface area contributed by atoms with Crippen LogP contribution in [-0.4, -0.2) is 36.8 Å². The quantitative estimate of drug-likeness (QED) is 0.821. The molecule has 0 bridgehead atoms. The van der Waals surface area contributed by atoms with Crippen molar-refractivity contribution in [1.29, 1.82) is 0 Å². The van der Waals surface area contributed by atoms with Crippen LogP contribution in [-0.2, 0) is 10.3 Å². The molecule has 2 aromatic carbocycles. The zero-order valence-electron chi connectivity index (χ0n) is 15.2. The van der Waals surface area contributed by atoms with Crippen molar-refractivity contribution in [3.63, 3.8) is 0 Å². The summed E-state index contributed by atoms with van der Waals surface area (Å²) in [6, 6.07) is 12.4. The molecule has 1 saturated heterocycles. The van der Waals surface area contributed by atoms with E-state index in [1.807, 2.05) is 31.2 Å². The van der Waals surface area contributed by atoms with Crippen LogP contribution >= 0.6 is 0 Å². The van der Waals surface area contributed by atoms with Gasteiger partial charge < -0.3 is 19.5 Å². The molecule has 2 heterocycles. The smallest absolute Gasteiger partial charge is 0.325 e. The van der Waals surface area contributed by atoms with Crippen LogP contribution in [0.5, 0.6) is 17.2 Å². The van der Waals surface area contributed by atoms with E-state index < -0.39 is 11.6 Å². The molecule has 4 rings (SSSR count). The summed E-state index contributed by atoms with van der Waals surface area (Å²) in [5.74, 6) is 1.57. The Morgan fingerprint density at radius 2 is 1.85 bits per heavy atom. The van der Waals surface area contributed by atoms with Crippen LogP contribution in [0.1, 0.15) is 18.1 Å². The average Bonchev–Trinajstić information content (AvgIpc) is 3.21. The number of nitrogens with one attached hydrogen (secondary N) is 1. The Kier molecular flexibility index (Phi) is 4.14. The average molecular weight is 368 g/mol. The summed E-state index contributed by atoms with van der Waals surface area (Å²) in [7, 11) is 0. The number of imide groups is 1. The van der Waals surface area contributed by atoms with Crippen molar-refractivity contribution in [1.82, 2.24) is 10.2 Å². The first-order valence-electron chi connectivity index (χ1n) is 8.71. The van der Waals surface area contributed by atoms with Gasteiger partial charge in [0.05, 0.1) is 6.54 Å². The van der Waals surface area contributed by atoms with Gasteiger partial charge in [0.1, 0.15) is 17.9 Å². The molecule has 27 heavy (non-hydrogen) atoms. The van der Waals surface area contributed by atoms with Gasteiger partial charge >= 0.3 is 6.03 Å². The number of hydrogen-bond donors (Lipinski definition) is 1. The number of carbonyl (C=O) groups is 2. The van der Waals surface area contributed by atoms with E-state index in [2.05, 4.69) is 5.32 Å². The van der Waals surface area contributed by atoms with Crippen molar-refractivity contribution in [2.75, 3.05) is 19.9 Å². The highest BCUT2D eigenvalue weighted by atomic mass is 16.7. The predicted molar refractivity (Wildman–Crippen MR) is 96.8 cm³/mol. The molecule has 1 fully saturated rings. The zero-order valence-corrected chi connectivity index (χ0v) is 15.2.